The molecule has 1 radical (unpaired) electrons. The predicted molar refractivity (Wildman–Crippen MR) is 49.2 cm³/mol. The summed E-state index contributed by atoms with van der Waals surface area (Å²) < 4.78 is 15.2. The third-order valence-electron chi connectivity index (χ3n) is 1.51. The Morgan fingerprint density at radius 3 is 2.62 bits per heavy atom. The minimum Gasteiger partial charge on any atom is -0.496 e. The van der Waals surface area contributed by atoms with E-state index in [-0.39, 0.29) is 0 Å². The molecule has 0 aliphatic rings. The Bertz CT molecular complexity index is 248. The zero-order valence-electron chi connectivity index (χ0n) is 7.87. The largest absolute Gasteiger partial charge is 0.496 e. The molecule has 0 atom stereocenters. The van der Waals surface area contributed by atoms with Crippen LogP contribution in [0, 0.1) is 6.07 Å². The maximum atomic E-state index is 5.33. The highest BCUT2D eigenvalue weighted by atomic mass is 16.5. The highest BCUT2D eigenvalue weighted by Crippen LogP contribution is 2.17. The third kappa shape index (κ3) is 3.34. The molecule has 71 valence electrons. The van der Waals surface area contributed by atoms with Crippen molar-refractivity contribution in [2.45, 2.75) is 0 Å². The van der Waals surface area contributed by atoms with E-state index in [9.17, 15) is 0 Å². The number of rotatable bonds is 5. The summed E-state index contributed by atoms with van der Waals surface area (Å²) in [6.45, 7) is 1.10. The van der Waals surface area contributed by atoms with E-state index in [0.717, 1.165) is 0 Å². The Labute approximate surface area is 78.2 Å². The van der Waals surface area contributed by atoms with Gasteiger partial charge in [-0.15, -0.1) is 0 Å². The molecule has 0 aromatic heterocycles. The van der Waals surface area contributed by atoms with E-state index in [1.165, 1.54) is 0 Å². The van der Waals surface area contributed by atoms with Crippen molar-refractivity contribution in [3.05, 3.63) is 24.3 Å². The van der Waals surface area contributed by atoms with E-state index in [0.29, 0.717) is 24.7 Å². The fourth-order valence-corrected chi connectivity index (χ4v) is 0.866. The lowest BCUT2D eigenvalue weighted by Crippen LogP contribution is -2.04. The van der Waals surface area contributed by atoms with Crippen LogP contribution in [0.3, 0.4) is 0 Å². The van der Waals surface area contributed by atoms with Crippen LogP contribution in [0.25, 0.3) is 0 Å². The van der Waals surface area contributed by atoms with Gasteiger partial charge in [0, 0.05) is 7.11 Å². The molecule has 0 aliphatic carbocycles. The van der Waals surface area contributed by atoms with Gasteiger partial charge in [0.2, 0.25) is 0 Å². The minimum absolute atomic E-state index is 0.528. The summed E-state index contributed by atoms with van der Waals surface area (Å²) in [6.07, 6.45) is 0. The summed E-state index contributed by atoms with van der Waals surface area (Å²) in [5, 5.41) is 0. The van der Waals surface area contributed by atoms with E-state index in [1.54, 1.807) is 14.2 Å². The molecule has 0 saturated carbocycles. The first-order chi connectivity index (χ1) is 6.36. The molecule has 3 nitrogen and oxygen atoms in total. The van der Waals surface area contributed by atoms with Crippen molar-refractivity contribution in [3.8, 4) is 11.5 Å². The van der Waals surface area contributed by atoms with Gasteiger partial charge in [-0.05, 0) is 12.1 Å². The van der Waals surface area contributed by atoms with E-state index in [2.05, 4.69) is 6.07 Å². The predicted octanol–water partition coefficient (Wildman–Crippen LogP) is 1.52. The molecular formula is C10H13O3. The average molecular weight is 181 g/mol. The Morgan fingerprint density at radius 1 is 1.15 bits per heavy atom. The Hall–Kier alpha value is -1.22. The van der Waals surface area contributed by atoms with Crippen molar-refractivity contribution >= 4 is 0 Å². The zero-order chi connectivity index (χ0) is 9.52. The maximum absolute atomic E-state index is 5.33. The molecule has 0 N–H and O–H groups in total. The summed E-state index contributed by atoms with van der Waals surface area (Å²) in [5.41, 5.74) is 0. The molecule has 1 aromatic rings. The maximum Gasteiger partial charge on any atom is 0.131 e. The normalized spacial score (nSPS) is 9.69. The molecule has 0 amide bonds. The molecule has 3 heteroatoms. The smallest absolute Gasteiger partial charge is 0.131 e. The van der Waals surface area contributed by atoms with Gasteiger partial charge in [-0.3, -0.25) is 0 Å². The Balaban J connectivity index is 2.46. The zero-order valence-corrected chi connectivity index (χ0v) is 7.87. The number of hydrogen-bond acceptors (Lipinski definition) is 3. The van der Waals surface area contributed by atoms with Crippen LogP contribution in [0.2, 0.25) is 0 Å². The second-order valence-electron chi connectivity index (χ2n) is 2.42. The third-order valence-corrected chi connectivity index (χ3v) is 1.51. The standard InChI is InChI=1S/C10H13O3/c1-11-6-7-13-10-5-3-4-9(8-10)12-2/h3-5H,6-7H2,1-2H3. The second kappa shape index (κ2) is 5.43. The van der Waals surface area contributed by atoms with Crippen LogP contribution in [0.4, 0.5) is 0 Å². The lowest BCUT2D eigenvalue weighted by Gasteiger charge is -2.05. The molecular weight excluding hydrogens is 168 g/mol. The summed E-state index contributed by atoms with van der Waals surface area (Å²) in [5.74, 6) is 1.35. The quantitative estimate of drug-likeness (QED) is 0.644. The Morgan fingerprint density at radius 2 is 1.92 bits per heavy atom. The summed E-state index contributed by atoms with van der Waals surface area (Å²) >= 11 is 0. The first kappa shape index (κ1) is 9.86. The van der Waals surface area contributed by atoms with Crippen LogP contribution in [0.15, 0.2) is 18.2 Å². The highest BCUT2D eigenvalue weighted by molar-refractivity contribution is 5.30. The topological polar surface area (TPSA) is 27.7 Å². The SMILES string of the molecule is COCCOc1[c]c(OC)ccc1. The van der Waals surface area contributed by atoms with Gasteiger partial charge in [0.25, 0.3) is 0 Å². The monoisotopic (exact) mass is 181 g/mol. The van der Waals surface area contributed by atoms with Crippen LogP contribution >= 0.6 is 0 Å². The fourth-order valence-electron chi connectivity index (χ4n) is 0.866. The summed E-state index contributed by atoms with van der Waals surface area (Å²) in [4.78, 5) is 0. The van der Waals surface area contributed by atoms with Crippen molar-refractivity contribution in [1.29, 1.82) is 0 Å². The molecule has 0 aliphatic heterocycles. The number of ether oxygens (including phenoxy) is 3. The average Bonchev–Trinajstić information content (AvgIpc) is 2.19. The summed E-state index contributed by atoms with van der Waals surface area (Å²) in [6, 6.07) is 8.47. The van der Waals surface area contributed by atoms with E-state index < -0.39 is 0 Å². The van der Waals surface area contributed by atoms with Crippen molar-refractivity contribution in [3.63, 3.8) is 0 Å². The Kier molecular flexibility index (Phi) is 4.12. The van der Waals surface area contributed by atoms with Crippen LogP contribution in [0.5, 0.6) is 11.5 Å². The van der Waals surface area contributed by atoms with Crippen molar-refractivity contribution in [2.75, 3.05) is 27.4 Å². The van der Waals surface area contributed by atoms with Gasteiger partial charge in [-0.25, -0.2) is 0 Å². The van der Waals surface area contributed by atoms with Gasteiger partial charge in [0.05, 0.1) is 19.8 Å². The first-order valence-electron chi connectivity index (χ1n) is 4.05. The molecule has 0 fully saturated rings. The van der Waals surface area contributed by atoms with E-state index in [1.807, 2.05) is 18.2 Å². The van der Waals surface area contributed by atoms with Crippen LogP contribution < -0.4 is 9.47 Å². The molecule has 0 spiro atoms. The summed E-state index contributed by atoms with van der Waals surface area (Å²) in [7, 11) is 3.24. The minimum atomic E-state index is 0.528. The molecule has 0 saturated heterocycles. The van der Waals surface area contributed by atoms with Crippen molar-refractivity contribution in [2.24, 2.45) is 0 Å². The molecule has 0 unspecified atom stereocenters. The van der Waals surface area contributed by atoms with E-state index in [4.69, 9.17) is 14.2 Å². The van der Waals surface area contributed by atoms with Gasteiger partial charge in [0.1, 0.15) is 18.1 Å². The fraction of sp³-hybridized carbons (Fsp3) is 0.400. The number of hydrogen-bond donors (Lipinski definition) is 0. The molecule has 1 aromatic carbocycles. The van der Waals surface area contributed by atoms with Crippen LogP contribution in [0.1, 0.15) is 0 Å². The van der Waals surface area contributed by atoms with Crippen LogP contribution in [-0.2, 0) is 4.74 Å². The highest BCUT2D eigenvalue weighted by Gasteiger charge is 1.96. The van der Waals surface area contributed by atoms with Crippen molar-refractivity contribution in [1.82, 2.24) is 0 Å². The lowest BCUT2D eigenvalue weighted by molar-refractivity contribution is 0.146. The molecule has 13 heavy (non-hydrogen) atoms. The van der Waals surface area contributed by atoms with Gasteiger partial charge in [-0.2, -0.15) is 0 Å². The lowest BCUT2D eigenvalue weighted by atomic mass is 10.3. The second-order valence-corrected chi connectivity index (χ2v) is 2.42. The van der Waals surface area contributed by atoms with Gasteiger partial charge in [0.15, 0.2) is 0 Å². The van der Waals surface area contributed by atoms with Gasteiger partial charge < -0.3 is 14.2 Å². The van der Waals surface area contributed by atoms with Crippen molar-refractivity contribution < 1.29 is 14.2 Å². The molecule has 0 bridgehead atoms. The van der Waals surface area contributed by atoms with Gasteiger partial charge >= 0.3 is 0 Å². The number of benzene rings is 1. The van der Waals surface area contributed by atoms with Crippen LogP contribution in [-0.4, -0.2) is 27.4 Å². The molecule has 0 heterocycles. The number of methoxy groups -OCH3 is 2. The molecule has 1 rings (SSSR count). The van der Waals surface area contributed by atoms with E-state index >= 15 is 0 Å². The first-order valence-corrected chi connectivity index (χ1v) is 4.05. The van der Waals surface area contributed by atoms with Gasteiger partial charge in [-0.1, -0.05) is 6.07 Å².